The molecule has 7 heteroatoms. The lowest BCUT2D eigenvalue weighted by Gasteiger charge is -2.47. The number of ether oxygens (including phenoxy) is 4. The van der Waals surface area contributed by atoms with Crippen molar-refractivity contribution in [3.63, 3.8) is 0 Å². The zero-order valence-electron chi connectivity index (χ0n) is 17.3. The normalized spacial score (nSPS) is 23.2. The topological polar surface area (TPSA) is 91.3 Å². The first-order valence-electron chi connectivity index (χ1n) is 9.32. The molecule has 0 amide bonds. The number of fused-ring (bicyclic) bond motifs is 3. The minimum absolute atomic E-state index is 0.291. The zero-order chi connectivity index (χ0) is 21.4. The van der Waals surface area contributed by atoms with E-state index in [9.17, 15) is 14.7 Å². The van der Waals surface area contributed by atoms with Crippen molar-refractivity contribution in [2.45, 2.75) is 31.8 Å². The average molecular weight is 402 g/mol. The van der Waals surface area contributed by atoms with E-state index in [-0.39, 0.29) is 0 Å². The van der Waals surface area contributed by atoms with E-state index in [4.69, 9.17) is 18.9 Å². The molecule has 0 saturated carbocycles. The predicted molar refractivity (Wildman–Crippen MR) is 106 cm³/mol. The summed E-state index contributed by atoms with van der Waals surface area (Å²) in [5, 5.41) is 13.5. The minimum Gasteiger partial charge on any atom is -0.496 e. The van der Waals surface area contributed by atoms with E-state index in [0.29, 0.717) is 29.9 Å². The number of methoxy groups -OCH3 is 4. The number of esters is 2. The number of benzene rings is 2. The largest absolute Gasteiger partial charge is 0.496 e. The van der Waals surface area contributed by atoms with Gasteiger partial charge in [0.15, 0.2) is 0 Å². The molecule has 0 heterocycles. The minimum atomic E-state index is -1.84. The van der Waals surface area contributed by atoms with Gasteiger partial charge in [-0.1, -0.05) is 12.1 Å². The molecule has 1 aliphatic carbocycles. The van der Waals surface area contributed by atoms with Gasteiger partial charge in [-0.25, -0.2) is 0 Å². The Kier molecular flexibility index (Phi) is 5.45. The van der Waals surface area contributed by atoms with E-state index in [1.54, 1.807) is 20.1 Å². The number of carbonyl (C=O) groups excluding carboxylic acids is 2. The monoisotopic (exact) mass is 402 g/mol. The molecule has 2 atom stereocenters. The van der Waals surface area contributed by atoms with Gasteiger partial charge < -0.3 is 24.1 Å². The molecule has 0 saturated heterocycles. The van der Waals surface area contributed by atoms with Crippen molar-refractivity contribution in [2.75, 3.05) is 28.4 Å². The Balaban J connectivity index is 2.40. The van der Waals surface area contributed by atoms with Crippen molar-refractivity contribution in [3.05, 3.63) is 35.4 Å². The predicted octanol–water partition coefficient (Wildman–Crippen LogP) is 2.73. The summed E-state index contributed by atoms with van der Waals surface area (Å²) in [4.78, 5) is 25.0. The summed E-state index contributed by atoms with van der Waals surface area (Å²) in [6.07, 6.45) is 0.386. The number of hydrogen-bond acceptors (Lipinski definition) is 7. The van der Waals surface area contributed by atoms with Crippen LogP contribution in [0.4, 0.5) is 0 Å². The van der Waals surface area contributed by atoms with Crippen LogP contribution >= 0.6 is 0 Å². The molecule has 0 fully saturated rings. The molecule has 29 heavy (non-hydrogen) atoms. The molecule has 0 aliphatic heterocycles. The van der Waals surface area contributed by atoms with Gasteiger partial charge >= 0.3 is 11.9 Å². The third-order valence-corrected chi connectivity index (χ3v) is 6.13. The third-order valence-electron chi connectivity index (χ3n) is 6.13. The van der Waals surface area contributed by atoms with Crippen LogP contribution in [0.5, 0.6) is 11.5 Å². The molecule has 2 aromatic rings. The van der Waals surface area contributed by atoms with Crippen LogP contribution in [0.3, 0.4) is 0 Å². The number of aryl methyl sites for hydroxylation is 1. The standard InChI is InChI=1S/C22H26O7/c1-21(20(24)29-5)10-9-13-15(22(21,25)12-18(23)28-4)11-17(27-3)14-7-6-8-16(26-2)19(13)14/h6-8,11,25H,9-10,12H2,1-5H3/t21-,22+/m1/s1. The summed E-state index contributed by atoms with van der Waals surface area (Å²) < 4.78 is 21.0. The second-order valence-corrected chi connectivity index (χ2v) is 7.42. The summed E-state index contributed by atoms with van der Waals surface area (Å²) >= 11 is 0. The lowest BCUT2D eigenvalue weighted by Crippen LogP contribution is -2.54. The lowest BCUT2D eigenvalue weighted by molar-refractivity contribution is -0.181. The first-order chi connectivity index (χ1) is 13.8. The number of aliphatic hydroxyl groups is 1. The maximum atomic E-state index is 12.7. The Hall–Kier alpha value is -2.80. The van der Waals surface area contributed by atoms with Gasteiger partial charge in [-0.3, -0.25) is 9.59 Å². The van der Waals surface area contributed by atoms with E-state index in [0.717, 1.165) is 16.3 Å². The summed E-state index contributed by atoms with van der Waals surface area (Å²) in [5.74, 6) is -0.0852. The molecule has 0 unspecified atom stereocenters. The molecule has 3 rings (SSSR count). The van der Waals surface area contributed by atoms with E-state index in [2.05, 4.69) is 0 Å². The SMILES string of the molecule is COC(=O)C[C@]1(O)c2cc(OC)c3cccc(OC)c3c2CC[C@]1(C)C(=O)OC. The van der Waals surface area contributed by atoms with Crippen LogP contribution in [0.25, 0.3) is 10.8 Å². The Morgan fingerprint density at radius 2 is 1.76 bits per heavy atom. The van der Waals surface area contributed by atoms with Crippen molar-refractivity contribution in [1.82, 2.24) is 0 Å². The van der Waals surface area contributed by atoms with Crippen molar-refractivity contribution < 1.29 is 33.6 Å². The zero-order valence-corrected chi connectivity index (χ0v) is 17.3. The van der Waals surface area contributed by atoms with Crippen LogP contribution in [0.1, 0.15) is 30.9 Å². The van der Waals surface area contributed by atoms with Gasteiger partial charge in [-0.05, 0) is 43.0 Å². The molecule has 7 nitrogen and oxygen atoms in total. The highest BCUT2D eigenvalue weighted by Crippen LogP contribution is 2.54. The highest BCUT2D eigenvalue weighted by molar-refractivity contribution is 5.98. The summed E-state index contributed by atoms with van der Waals surface area (Å²) in [6.45, 7) is 1.61. The molecule has 0 spiro atoms. The van der Waals surface area contributed by atoms with Crippen LogP contribution in [0.2, 0.25) is 0 Å². The maximum Gasteiger partial charge on any atom is 0.314 e. The Morgan fingerprint density at radius 1 is 1.07 bits per heavy atom. The maximum absolute atomic E-state index is 12.7. The molecule has 1 N–H and O–H groups in total. The van der Waals surface area contributed by atoms with Gasteiger partial charge in [0, 0.05) is 10.8 Å². The fourth-order valence-corrected chi connectivity index (χ4v) is 4.39. The van der Waals surface area contributed by atoms with E-state index in [1.165, 1.54) is 21.3 Å². The molecule has 0 bridgehead atoms. The van der Waals surface area contributed by atoms with E-state index >= 15 is 0 Å². The first-order valence-corrected chi connectivity index (χ1v) is 9.32. The first kappa shape index (κ1) is 20.9. The summed E-state index contributed by atoms with van der Waals surface area (Å²) in [5.41, 5.74) is -1.94. The van der Waals surface area contributed by atoms with Gasteiger partial charge in [-0.15, -0.1) is 0 Å². The van der Waals surface area contributed by atoms with Gasteiger partial charge in [0.05, 0.1) is 40.3 Å². The highest BCUT2D eigenvalue weighted by Gasteiger charge is 2.58. The van der Waals surface area contributed by atoms with Gasteiger partial charge in [0.1, 0.15) is 17.1 Å². The average Bonchev–Trinajstić information content (AvgIpc) is 2.74. The number of rotatable bonds is 5. The van der Waals surface area contributed by atoms with Crippen LogP contribution in [-0.2, 0) is 31.1 Å². The molecular formula is C22H26O7. The van der Waals surface area contributed by atoms with Gasteiger partial charge in [0.2, 0.25) is 0 Å². The lowest BCUT2D eigenvalue weighted by atomic mass is 9.60. The molecule has 0 aromatic heterocycles. The Morgan fingerprint density at radius 3 is 2.34 bits per heavy atom. The second-order valence-electron chi connectivity index (χ2n) is 7.42. The quantitative estimate of drug-likeness (QED) is 0.769. The number of carbonyl (C=O) groups is 2. The van der Waals surface area contributed by atoms with Crippen molar-refractivity contribution in [2.24, 2.45) is 5.41 Å². The van der Waals surface area contributed by atoms with Crippen LogP contribution in [0, 0.1) is 5.41 Å². The molecular weight excluding hydrogens is 376 g/mol. The fraction of sp³-hybridized carbons (Fsp3) is 0.455. The Labute approximate surface area is 169 Å². The van der Waals surface area contributed by atoms with Crippen molar-refractivity contribution in [1.29, 1.82) is 0 Å². The smallest absolute Gasteiger partial charge is 0.314 e. The van der Waals surface area contributed by atoms with Gasteiger partial charge in [0.25, 0.3) is 0 Å². The molecule has 2 aromatic carbocycles. The van der Waals surface area contributed by atoms with Gasteiger partial charge in [-0.2, -0.15) is 0 Å². The molecule has 0 radical (unpaired) electrons. The number of hydrogen-bond donors (Lipinski definition) is 1. The second kappa shape index (κ2) is 7.55. The van der Waals surface area contributed by atoms with Crippen molar-refractivity contribution in [3.8, 4) is 11.5 Å². The van der Waals surface area contributed by atoms with Crippen LogP contribution in [0.15, 0.2) is 24.3 Å². The highest BCUT2D eigenvalue weighted by atomic mass is 16.5. The van der Waals surface area contributed by atoms with E-state index in [1.807, 2.05) is 18.2 Å². The summed E-state index contributed by atoms with van der Waals surface area (Å²) in [7, 11) is 5.62. The summed E-state index contributed by atoms with van der Waals surface area (Å²) in [6, 6.07) is 7.29. The third kappa shape index (κ3) is 3.00. The Bertz CT molecular complexity index is 967. The van der Waals surface area contributed by atoms with Crippen LogP contribution in [-0.4, -0.2) is 45.5 Å². The molecule has 156 valence electrons. The van der Waals surface area contributed by atoms with Crippen molar-refractivity contribution >= 4 is 22.7 Å². The fourth-order valence-electron chi connectivity index (χ4n) is 4.39. The van der Waals surface area contributed by atoms with E-state index < -0.39 is 29.4 Å². The van der Waals surface area contributed by atoms with Crippen LogP contribution < -0.4 is 9.47 Å². The molecule has 1 aliphatic rings.